The molecule has 2 unspecified atom stereocenters. The van der Waals surface area contributed by atoms with E-state index in [0.717, 1.165) is 17.7 Å². The summed E-state index contributed by atoms with van der Waals surface area (Å²) >= 11 is 0. The fraction of sp³-hybridized carbons (Fsp3) is 0.467. The second-order valence-corrected chi connectivity index (χ2v) is 5.31. The molecular formula is C15H17NO3. The lowest BCUT2D eigenvalue weighted by Crippen LogP contribution is -2.22. The maximum absolute atomic E-state index is 12.4. The number of ketones is 1. The molecule has 0 aromatic heterocycles. The number of Topliss-reactive ketones (excluding diaryl/α,β-unsaturated/α-hetero) is 1. The Hall–Kier alpha value is -1.68. The highest BCUT2D eigenvalue weighted by molar-refractivity contribution is 6.04. The molecule has 0 N–H and O–H groups in total. The number of fused-ring (bicyclic) bond motifs is 1. The summed E-state index contributed by atoms with van der Waals surface area (Å²) in [7, 11) is 1.77. The number of nitrogens with zero attached hydrogens (tertiary/aromatic N) is 1. The van der Waals surface area contributed by atoms with E-state index in [9.17, 15) is 9.59 Å². The number of ether oxygens (including phenoxy) is 1. The minimum atomic E-state index is -0.0483. The predicted molar refractivity (Wildman–Crippen MR) is 71.4 cm³/mol. The van der Waals surface area contributed by atoms with Crippen LogP contribution in [0, 0.1) is 5.92 Å². The molecule has 0 radical (unpaired) electrons. The molecule has 19 heavy (non-hydrogen) atoms. The highest BCUT2D eigenvalue weighted by Crippen LogP contribution is 2.31. The van der Waals surface area contributed by atoms with E-state index in [1.807, 2.05) is 25.1 Å². The van der Waals surface area contributed by atoms with E-state index in [0.29, 0.717) is 18.6 Å². The van der Waals surface area contributed by atoms with Crippen LogP contribution in [0.2, 0.25) is 0 Å². The van der Waals surface area contributed by atoms with Gasteiger partial charge in [0, 0.05) is 24.9 Å². The van der Waals surface area contributed by atoms with Gasteiger partial charge < -0.3 is 9.64 Å². The molecule has 4 heteroatoms. The molecule has 1 aromatic rings. The Bertz CT molecular complexity index is 552. The maximum Gasteiger partial charge on any atom is 0.231 e. The van der Waals surface area contributed by atoms with Crippen molar-refractivity contribution in [2.24, 2.45) is 5.92 Å². The summed E-state index contributed by atoms with van der Waals surface area (Å²) < 4.78 is 5.45. The summed E-state index contributed by atoms with van der Waals surface area (Å²) in [5, 5.41) is 0. The van der Waals surface area contributed by atoms with E-state index in [1.54, 1.807) is 11.9 Å². The SMILES string of the molecule is CC1OCCC1C(=O)c1ccc2c(c1)CC(=O)N2C. The van der Waals surface area contributed by atoms with Crippen LogP contribution in [0.5, 0.6) is 0 Å². The largest absolute Gasteiger partial charge is 0.378 e. The molecule has 1 saturated heterocycles. The number of likely N-dealkylation sites (N-methyl/N-ethyl adjacent to an activating group) is 1. The summed E-state index contributed by atoms with van der Waals surface area (Å²) in [5.41, 5.74) is 2.56. The van der Waals surface area contributed by atoms with Crippen molar-refractivity contribution in [2.45, 2.75) is 25.9 Å². The van der Waals surface area contributed by atoms with Crippen LogP contribution in [0.15, 0.2) is 18.2 Å². The Morgan fingerprint density at radius 3 is 2.89 bits per heavy atom. The topological polar surface area (TPSA) is 46.6 Å². The number of carbonyl (C=O) groups is 2. The van der Waals surface area contributed by atoms with E-state index in [-0.39, 0.29) is 23.7 Å². The lowest BCUT2D eigenvalue weighted by Gasteiger charge is -2.14. The third-order valence-corrected chi connectivity index (χ3v) is 4.15. The van der Waals surface area contributed by atoms with Gasteiger partial charge in [0.15, 0.2) is 5.78 Å². The molecule has 100 valence electrons. The van der Waals surface area contributed by atoms with Crippen molar-refractivity contribution in [1.82, 2.24) is 0 Å². The number of benzene rings is 1. The van der Waals surface area contributed by atoms with Crippen molar-refractivity contribution in [1.29, 1.82) is 0 Å². The Balaban J connectivity index is 1.89. The molecule has 1 aromatic carbocycles. The molecule has 0 spiro atoms. The number of hydrogen-bond donors (Lipinski definition) is 0. The second kappa shape index (κ2) is 4.46. The van der Waals surface area contributed by atoms with Crippen molar-refractivity contribution in [3.63, 3.8) is 0 Å². The van der Waals surface area contributed by atoms with E-state index in [2.05, 4.69) is 0 Å². The van der Waals surface area contributed by atoms with Gasteiger partial charge >= 0.3 is 0 Å². The molecule has 0 bridgehead atoms. The normalized spacial score (nSPS) is 25.8. The zero-order chi connectivity index (χ0) is 13.6. The third-order valence-electron chi connectivity index (χ3n) is 4.15. The molecule has 2 atom stereocenters. The van der Waals surface area contributed by atoms with Gasteiger partial charge in [-0.2, -0.15) is 0 Å². The van der Waals surface area contributed by atoms with Crippen LogP contribution < -0.4 is 4.90 Å². The van der Waals surface area contributed by atoms with Crippen molar-refractivity contribution < 1.29 is 14.3 Å². The third kappa shape index (κ3) is 1.96. The van der Waals surface area contributed by atoms with Crippen molar-refractivity contribution in [2.75, 3.05) is 18.6 Å². The van der Waals surface area contributed by atoms with Crippen molar-refractivity contribution >= 4 is 17.4 Å². The number of anilines is 1. The van der Waals surface area contributed by atoms with E-state index >= 15 is 0 Å². The molecule has 4 nitrogen and oxygen atoms in total. The molecular weight excluding hydrogens is 242 g/mol. The van der Waals surface area contributed by atoms with Gasteiger partial charge in [-0.05, 0) is 37.1 Å². The van der Waals surface area contributed by atoms with Gasteiger partial charge in [0.25, 0.3) is 0 Å². The predicted octanol–water partition coefficient (Wildman–Crippen LogP) is 1.81. The standard InChI is InChI=1S/C15H17NO3/c1-9-12(5-6-19-9)15(18)10-3-4-13-11(7-10)8-14(17)16(13)2/h3-4,7,9,12H,5-6,8H2,1-2H3. The first-order chi connectivity index (χ1) is 9.08. The number of carbonyl (C=O) groups excluding carboxylic acids is 2. The summed E-state index contributed by atoms with van der Waals surface area (Å²) in [5.74, 6) is 0.167. The average molecular weight is 259 g/mol. The Morgan fingerprint density at radius 1 is 1.42 bits per heavy atom. The van der Waals surface area contributed by atoms with E-state index < -0.39 is 0 Å². The quantitative estimate of drug-likeness (QED) is 0.761. The zero-order valence-corrected chi connectivity index (χ0v) is 11.2. The zero-order valence-electron chi connectivity index (χ0n) is 11.2. The van der Waals surface area contributed by atoms with Gasteiger partial charge in [0.05, 0.1) is 18.4 Å². The van der Waals surface area contributed by atoms with Crippen molar-refractivity contribution in [3.05, 3.63) is 29.3 Å². The number of hydrogen-bond acceptors (Lipinski definition) is 3. The van der Waals surface area contributed by atoms with Crippen LogP contribution >= 0.6 is 0 Å². The Labute approximate surface area is 112 Å². The van der Waals surface area contributed by atoms with Crippen LogP contribution in [-0.2, 0) is 16.0 Å². The van der Waals surface area contributed by atoms with Gasteiger partial charge in [-0.25, -0.2) is 0 Å². The lowest BCUT2D eigenvalue weighted by molar-refractivity contribution is -0.117. The van der Waals surface area contributed by atoms with Crippen LogP contribution in [0.25, 0.3) is 0 Å². The van der Waals surface area contributed by atoms with Gasteiger partial charge in [0.1, 0.15) is 0 Å². The van der Waals surface area contributed by atoms with Crippen LogP contribution in [-0.4, -0.2) is 31.4 Å². The summed E-state index contributed by atoms with van der Waals surface area (Å²) in [6, 6.07) is 5.55. The maximum atomic E-state index is 12.4. The first-order valence-corrected chi connectivity index (χ1v) is 6.63. The Morgan fingerprint density at radius 2 is 2.21 bits per heavy atom. The molecule has 3 rings (SSSR count). The first-order valence-electron chi connectivity index (χ1n) is 6.63. The van der Waals surface area contributed by atoms with Crippen molar-refractivity contribution in [3.8, 4) is 0 Å². The highest BCUT2D eigenvalue weighted by Gasteiger charge is 2.32. The monoisotopic (exact) mass is 259 g/mol. The lowest BCUT2D eigenvalue weighted by atomic mass is 9.91. The van der Waals surface area contributed by atoms with Crippen LogP contribution in [0.1, 0.15) is 29.3 Å². The van der Waals surface area contributed by atoms with Gasteiger partial charge in [-0.1, -0.05) is 0 Å². The first kappa shape index (κ1) is 12.4. The number of rotatable bonds is 2. The van der Waals surface area contributed by atoms with Gasteiger partial charge in [-0.3, -0.25) is 9.59 Å². The molecule has 2 aliphatic rings. The van der Waals surface area contributed by atoms with Crippen LogP contribution in [0.4, 0.5) is 5.69 Å². The molecule has 1 fully saturated rings. The van der Waals surface area contributed by atoms with Crippen LogP contribution in [0.3, 0.4) is 0 Å². The average Bonchev–Trinajstić information content (AvgIpc) is 2.93. The molecule has 2 aliphatic heterocycles. The smallest absolute Gasteiger partial charge is 0.231 e. The minimum Gasteiger partial charge on any atom is -0.378 e. The Kier molecular flexibility index (Phi) is 2.90. The summed E-state index contributed by atoms with van der Waals surface area (Å²) in [4.78, 5) is 25.7. The highest BCUT2D eigenvalue weighted by atomic mass is 16.5. The minimum absolute atomic E-state index is 0.00920. The van der Waals surface area contributed by atoms with E-state index in [1.165, 1.54) is 0 Å². The fourth-order valence-corrected chi connectivity index (χ4v) is 2.91. The van der Waals surface area contributed by atoms with E-state index in [4.69, 9.17) is 4.74 Å². The fourth-order valence-electron chi connectivity index (χ4n) is 2.91. The molecule has 2 heterocycles. The molecule has 0 saturated carbocycles. The molecule has 0 aliphatic carbocycles. The summed E-state index contributed by atoms with van der Waals surface area (Å²) in [6.45, 7) is 2.60. The molecule has 1 amide bonds. The summed E-state index contributed by atoms with van der Waals surface area (Å²) in [6.07, 6.45) is 1.17. The van der Waals surface area contributed by atoms with Gasteiger partial charge in [-0.15, -0.1) is 0 Å². The second-order valence-electron chi connectivity index (χ2n) is 5.31. The van der Waals surface area contributed by atoms with Gasteiger partial charge in [0.2, 0.25) is 5.91 Å². The number of amides is 1.